The van der Waals surface area contributed by atoms with Crippen LogP contribution in [0.2, 0.25) is 0 Å². The number of hydrogen-bond donors (Lipinski definition) is 0. The molecule has 0 amide bonds. The lowest BCUT2D eigenvalue weighted by molar-refractivity contribution is -0.164. The summed E-state index contributed by atoms with van der Waals surface area (Å²) in [6.45, 7) is 4.35. The van der Waals surface area contributed by atoms with E-state index in [9.17, 15) is 4.79 Å². The van der Waals surface area contributed by atoms with Gasteiger partial charge in [-0.1, -0.05) is 49.2 Å². The van der Waals surface area contributed by atoms with Crippen LogP contribution >= 0.6 is 55.1 Å². The van der Waals surface area contributed by atoms with E-state index in [-0.39, 0.29) is 34.3 Å². The van der Waals surface area contributed by atoms with Gasteiger partial charge >= 0.3 is 5.97 Å². The first kappa shape index (κ1) is 18.3. The van der Waals surface area contributed by atoms with Gasteiger partial charge < -0.3 is 4.74 Å². The van der Waals surface area contributed by atoms with Crippen molar-refractivity contribution < 1.29 is 9.53 Å². The minimum absolute atomic E-state index is 0.125. The Kier molecular flexibility index (Phi) is 6.03. The number of halogens is 4. The lowest BCUT2D eigenvalue weighted by Crippen LogP contribution is -2.48. The van der Waals surface area contributed by atoms with Crippen LogP contribution in [-0.4, -0.2) is 5.97 Å². The van der Waals surface area contributed by atoms with Crippen molar-refractivity contribution in [2.24, 2.45) is 17.3 Å². The molecule has 120 valence electrons. The third kappa shape index (κ3) is 4.08. The molecule has 0 spiro atoms. The van der Waals surface area contributed by atoms with Crippen LogP contribution in [-0.2, 0) is 16.1 Å². The van der Waals surface area contributed by atoms with Gasteiger partial charge in [0.1, 0.15) is 11.1 Å². The Morgan fingerprint density at radius 3 is 2.59 bits per heavy atom. The SMILES string of the molecule is CC1(C)C(C=C(Cl)Cl)CC1C(=O)OCc1ccc(Br)c(Br)c1. The number of allylic oxidation sites excluding steroid dienone is 1. The van der Waals surface area contributed by atoms with Gasteiger partial charge in [-0.05, 0) is 67.3 Å². The van der Waals surface area contributed by atoms with Crippen LogP contribution in [0.3, 0.4) is 0 Å². The third-order valence-corrected chi connectivity index (χ3v) is 6.45. The summed E-state index contributed by atoms with van der Waals surface area (Å²) in [6, 6.07) is 5.78. The molecule has 2 atom stereocenters. The number of carbonyl (C=O) groups excluding carboxylic acids is 1. The van der Waals surface area contributed by atoms with Crippen molar-refractivity contribution in [1.29, 1.82) is 0 Å². The minimum atomic E-state index is -0.188. The van der Waals surface area contributed by atoms with Gasteiger partial charge in [0.25, 0.3) is 0 Å². The minimum Gasteiger partial charge on any atom is -0.461 e. The summed E-state index contributed by atoms with van der Waals surface area (Å²) < 4.78 is 7.61. The first-order valence-corrected chi connectivity index (χ1v) is 9.19. The van der Waals surface area contributed by atoms with Crippen LogP contribution in [0, 0.1) is 17.3 Å². The van der Waals surface area contributed by atoms with Crippen LogP contribution in [0.1, 0.15) is 25.8 Å². The van der Waals surface area contributed by atoms with E-state index in [0.29, 0.717) is 0 Å². The summed E-state index contributed by atoms with van der Waals surface area (Å²) in [5.41, 5.74) is 0.757. The standard InChI is InChI=1S/C16H16Br2Cl2O2/c1-16(2)10(7-14(19)20)6-11(16)15(21)22-8-9-3-4-12(17)13(18)5-9/h3-5,7,10-11H,6,8H2,1-2H3. The van der Waals surface area contributed by atoms with Crippen molar-refractivity contribution in [1.82, 2.24) is 0 Å². The Morgan fingerprint density at radius 1 is 1.36 bits per heavy atom. The molecular weight excluding hydrogens is 455 g/mol. The van der Waals surface area contributed by atoms with Crippen molar-refractivity contribution >= 4 is 61.0 Å². The fourth-order valence-electron chi connectivity index (χ4n) is 2.68. The normalized spacial score (nSPS) is 22.6. The van der Waals surface area contributed by atoms with Gasteiger partial charge in [0, 0.05) is 8.95 Å². The molecule has 0 saturated heterocycles. The number of esters is 1. The lowest BCUT2D eigenvalue weighted by Gasteiger charge is -2.49. The molecule has 2 rings (SSSR count). The van der Waals surface area contributed by atoms with E-state index in [2.05, 4.69) is 31.9 Å². The van der Waals surface area contributed by atoms with Gasteiger partial charge in [0.15, 0.2) is 0 Å². The van der Waals surface area contributed by atoms with Crippen LogP contribution in [0.15, 0.2) is 37.7 Å². The molecule has 0 radical (unpaired) electrons. The van der Waals surface area contributed by atoms with Gasteiger partial charge in [0.05, 0.1) is 5.92 Å². The summed E-state index contributed by atoms with van der Waals surface area (Å²) in [6.07, 6.45) is 2.53. The highest BCUT2D eigenvalue weighted by Crippen LogP contribution is 2.53. The lowest BCUT2D eigenvalue weighted by atomic mass is 9.55. The molecule has 1 aliphatic carbocycles. The maximum atomic E-state index is 12.3. The van der Waals surface area contributed by atoms with E-state index in [1.807, 2.05) is 32.0 Å². The van der Waals surface area contributed by atoms with Crippen molar-refractivity contribution in [3.8, 4) is 0 Å². The molecule has 0 heterocycles. The smallest absolute Gasteiger partial charge is 0.309 e. The molecule has 2 unspecified atom stereocenters. The maximum absolute atomic E-state index is 12.3. The van der Waals surface area contributed by atoms with Crippen LogP contribution in [0.5, 0.6) is 0 Å². The van der Waals surface area contributed by atoms with Gasteiger partial charge in [-0.3, -0.25) is 4.79 Å². The molecule has 1 saturated carbocycles. The predicted molar refractivity (Wildman–Crippen MR) is 96.8 cm³/mol. The second kappa shape index (κ2) is 7.25. The molecule has 0 N–H and O–H groups in total. The van der Waals surface area contributed by atoms with Crippen LogP contribution in [0.25, 0.3) is 0 Å². The molecular formula is C16H16Br2Cl2O2. The molecule has 0 aromatic heterocycles. The van der Waals surface area contributed by atoms with E-state index >= 15 is 0 Å². The topological polar surface area (TPSA) is 26.3 Å². The first-order valence-electron chi connectivity index (χ1n) is 6.85. The summed E-state index contributed by atoms with van der Waals surface area (Å²) in [5.74, 6) is -0.0865. The molecule has 6 heteroatoms. The molecule has 1 fully saturated rings. The summed E-state index contributed by atoms with van der Waals surface area (Å²) >= 11 is 18.3. The van der Waals surface area contributed by atoms with E-state index in [1.54, 1.807) is 6.08 Å². The average Bonchev–Trinajstić information content (AvgIpc) is 2.43. The molecule has 2 nitrogen and oxygen atoms in total. The quantitative estimate of drug-likeness (QED) is 0.487. The van der Waals surface area contributed by atoms with Gasteiger partial charge in [0.2, 0.25) is 0 Å². The van der Waals surface area contributed by atoms with Crippen molar-refractivity contribution in [2.75, 3.05) is 0 Å². The number of benzene rings is 1. The molecule has 0 bridgehead atoms. The van der Waals surface area contributed by atoms with E-state index in [4.69, 9.17) is 27.9 Å². The zero-order valence-corrected chi connectivity index (χ0v) is 16.9. The van der Waals surface area contributed by atoms with Crippen molar-refractivity contribution in [2.45, 2.75) is 26.9 Å². The summed E-state index contributed by atoms with van der Waals surface area (Å²) in [5, 5.41) is 0. The monoisotopic (exact) mass is 468 g/mol. The average molecular weight is 471 g/mol. The number of rotatable bonds is 4. The van der Waals surface area contributed by atoms with Gasteiger partial charge in [-0.25, -0.2) is 0 Å². The van der Waals surface area contributed by atoms with E-state index in [0.717, 1.165) is 20.9 Å². The maximum Gasteiger partial charge on any atom is 0.309 e. The third-order valence-electron chi connectivity index (χ3n) is 4.32. The van der Waals surface area contributed by atoms with Crippen molar-refractivity contribution in [3.63, 3.8) is 0 Å². The largest absolute Gasteiger partial charge is 0.461 e. The Hall–Kier alpha value is -0.0300. The Bertz CT molecular complexity index is 610. The predicted octanol–water partition coefficient (Wildman–Crippen LogP) is 6.24. The fraction of sp³-hybridized carbons (Fsp3) is 0.438. The highest BCUT2D eigenvalue weighted by Gasteiger charge is 2.51. The van der Waals surface area contributed by atoms with Gasteiger partial charge in [-0.2, -0.15) is 0 Å². The number of ether oxygens (including phenoxy) is 1. The van der Waals surface area contributed by atoms with Crippen molar-refractivity contribution in [3.05, 3.63) is 43.3 Å². The van der Waals surface area contributed by atoms with Gasteiger partial charge in [-0.15, -0.1) is 0 Å². The first-order chi connectivity index (χ1) is 10.2. The molecule has 1 aliphatic rings. The number of carbonyl (C=O) groups is 1. The Morgan fingerprint density at radius 2 is 2.05 bits per heavy atom. The zero-order valence-electron chi connectivity index (χ0n) is 12.2. The molecule has 1 aromatic carbocycles. The second-order valence-corrected chi connectivity index (χ2v) is 8.75. The second-order valence-electron chi connectivity index (χ2n) is 6.03. The van der Waals surface area contributed by atoms with E-state index < -0.39 is 0 Å². The highest BCUT2D eigenvalue weighted by atomic mass is 79.9. The van der Waals surface area contributed by atoms with E-state index in [1.165, 1.54) is 0 Å². The zero-order chi connectivity index (χ0) is 16.5. The van der Waals surface area contributed by atoms with Crippen LogP contribution < -0.4 is 0 Å². The summed E-state index contributed by atoms with van der Waals surface area (Å²) in [4.78, 5) is 12.3. The number of hydrogen-bond acceptors (Lipinski definition) is 2. The Balaban J connectivity index is 1.93. The summed E-state index contributed by atoms with van der Waals surface area (Å²) in [7, 11) is 0. The Labute approximate surface area is 157 Å². The molecule has 22 heavy (non-hydrogen) atoms. The van der Waals surface area contributed by atoms with Crippen LogP contribution in [0.4, 0.5) is 0 Å². The molecule has 1 aromatic rings. The highest BCUT2D eigenvalue weighted by molar-refractivity contribution is 9.13. The molecule has 0 aliphatic heterocycles. The fourth-order valence-corrected chi connectivity index (χ4v) is 3.66.